The Morgan fingerprint density at radius 2 is 2.11 bits per heavy atom. The molecule has 0 radical (unpaired) electrons. The van der Waals surface area contributed by atoms with Gasteiger partial charge in [-0.1, -0.05) is 12.1 Å². The molecule has 0 aliphatic heterocycles. The molecule has 2 N–H and O–H groups in total. The average molecular weight is 258 g/mol. The molecule has 0 bridgehead atoms. The highest BCUT2D eigenvalue weighted by molar-refractivity contribution is 5.27. The van der Waals surface area contributed by atoms with E-state index in [0.29, 0.717) is 19.1 Å². The van der Waals surface area contributed by atoms with Crippen molar-refractivity contribution in [3.05, 3.63) is 53.9 Å². The van der Waals surface area contributed by atoms with Crippen molar-refractivity contribution < 1.29 is 4.74 Å². The summed E-state index contributed by atoms with van der Waals surface area (Å²) in [4.78, 5) is 0. The number of aromatic nitrogens is 1. The smallest absolute Gasteiger partial charge is 0.119 e. The molecule has 0 spiro atoms. The zero-order valence-electron chi connectivity index (χ0n) is 11.7. The Hall–Kier alpha value is -1.74. The van der Waals surface area contributed by atoms with Crippen molar-refractivity contribution in [2.45, 2.75) is 19.3 Å². The van der Waals surface area contributed by atoms with E-state index in [0.717, 1.165) is 12.2 Å². The second-order valence-electron chi connectivity index (χ2n) is 4.95. The molecule has 2 aromatic rings. The van der Waals surface area contributed by atoms with E-state index in [1.165, 1.54) is 11.3 Å². The Morgan fingerprint density at radius 1 is 1.26 bits per heavy atom. The molecule has 102 valence electrons. The fourth-order valence-corrected chi connectivity index (χ4v) is 2.32. The minimum absolute atomic E-state index is 0.338. The van der Waals surface area contributed by atoms with Crippen molar-refractivity contribution in [1.29, 1.82) is 0 Å². The van der Waals surface area contributed by atoms with Gasteiger partial charge in [0.2, 0.25) is 0 Å². The summed E-state index contributed by atoms with van der Waals surface area (Å²) in [5, 5.41) is 0. The maximum Gasteiger partial charge on any atom is 0.119 e. The Morgan fingerprint density at radius 3 is 2.74 bits per heavy atom. The van der Waals surface area contributed by atoms with E-state index in [1.807, 2.05) is 12.1 Å². The molecule has 19 heavy (non-hydrogen) atoms. The first-order valence-corrected chi connectivity index (χ1v) is 6.71. The SMILES string of the molecule is Cc1cccc(OCC(CCN)c2cccn2C)c1. The van der Waals surface area contributed by atoms with Crippen LogP contribution in [0.5, 0.6) is 5.75 Å². The van der Waals surface area contributed by atoms with Gasteiger partial charge in [-0.15, -0.1) is 0 Å². The van der Waals surface area contributed by atoms with Gasteiger partial charge in [0.15, 0.2) is 0 Å². The van der Waals surface area contributed by atoms with Crippen LogP contribution in [0.15, 0.2) is 42.6 Å². The molecule has 1 aromatic carbocycles. The van der Waals surface area contributed by atoms with Gasteiger partial charge in [0.05, 0.1) is 6.61 Å². The van der Waals surface area contributed by atoms with E-state index in [9.17, 15) is 0 Å². The monoisotopic (exact) mass is 258 g/mol. The van der Waals surface area contributed by atoms with E-state index < -0.39 is 0 Å². The van der Waals surface area contributed by atoms with Crippen LogP contribution in [0.2, 0.25) is 0 Å². The number of benzene rings is 1. The number of aryl methyl sites for hydroxylation is 2. The van der Waals surface area contributed by atoms with Crippen molar-refractivity contribution in [3.8, 4) is 5.75 Å². The molecule has 0 amide bonds. The van der Waals surface area contributed by atoms with Crippen LogP contribution < -0.4 is 10.5 Å². The molecule has 1 aromatic heterocycles. The van der Waals surface area contributed by atoms with E-state index in [4.69, 9.17) is 10.5 Å². The van der Waals surface area contributed by atoms with Gasteiger partial charge in [-0.05, 0) is 49.7 Å². The minimum atomic E-state index is 0.338. The van der Waals surface area contributed by atoms with Crippen LogP contribution in [0, 0.1) is 6.92 Å². The van der Waals surface area contributed by atoms with Crippen molar-refractivity contribution in [3.63, 3.8) is 0 Å². The summed E-state index contributed by atoms with van der Waals surface area (Å²) in [5.74, 6) is 1.27. The number of nitrogens with zero attached hydrogens (tertiary/aromatic N) is 1. The molecule has 0 saturated carbocycles. The Balaban J connectivity index is 2.04. The average Bonchev–Trinajstić information content (AvgIpc) is 2.81. The van der Waals surface area contributed by atoms with Crippen molar-refractivity contribution in [2.75, 3.05) is 13.2 Å². The number of hydrogen-bond donors (Lipinski definition) is 1. The highest BCUT2D eigenvalue weighted by Crippen LogP contribution is 2.21. The molecule has 1 unspecified atom stereocenters. The van der Waals surface area contributed by atoms with Gasteiger partial charge in [0, 0.05) is 24.9 Å². The molecule has 0 aliphatic rings. The highest BCUT2D eigenvalue weighted by atomic mass is 16.5. The predicted molar refractivity (Wildman–Crippen MR) is 78.5 cm³/mol. The second kappa shape index (κ2) is 6.43. The molecule has 3 heteroatoms. The summed E-state index contributed by atoms with van der Waals surface area (Å²) < 4.78 is 8.05. The van der Waals surface area contributed by atoms with E-state index in [-0.39, 0.29) is 0 Å². The summed E-state index contributed by atoms with van der Waals surface area (Å²) in [7, 11) is 2.06. The Kier molecular flexibility index (Phi) is 4.63. The number of nitrogens with two attached hydrogens (primary N) is 1. The maximum atomic E-state index is 5.91. The predicted octanol–water partition coefficient (Wildman–Crippen LogP) is 2.84. The zero-order chi connectivity index (χ0) is 13.7. The molecular formula is C16H22N2O. The van der Waals surface area contributed by atoms with Gasteiger partial charge >= 0.3 is 0 Å². The zero-order valence-corrected chi connectivity index (χ0v) is 11.7. The van der Waals surface area contributed by atoms with E-state index in [1.54, 1.807) is 0 Å². The summed E-state index contributed by atoms with van der Waals surface area (Å²) in [6.07, 6.45) is 3.00. The molecule has 0 aliphatic carbocycles. The summed E-state index contributed by atoms with van der Waals surface area (Å²) in [5.41, 5.74) is 8.20. The molecule has 3 nitrogen and oxygen atoms in total. The van der Waals surface area contributed by atoms with Gasteiger partial charge < -0.3 is 15.0 Å². The van der Waals surface area contributed by atoms with Crippen molar-refractivity contribution in [2.24, 2.45) is 12.8 Å². The fourth-order valence-electron chi connectivity index (χ4n) is 2.32. The topological polar surface area (TPSA) is 40.2 Å². The van der Waals surface area contributed by atoms with E-state index >= 15 is 0 Å². The normalized spacial score (nSPS) is 12.4. The number of rotatable bonds is 6. The fraction of sp³-hybridized carbons (Fsp3) is 0.375. The molecule has 1 atom stereocenters. The number of ether oxygens (including phenoxy) is 1. The van der Waals surface area contributed by atoms with Crippen LogP contribution in [0.3, 0.4) is 0 Å². The van der Waals surface area contributed by atoms with Crippen LogP contribution in [-0.2, 0) is 7.05 Å². The lowest BCUT2D eigenvalue weighted by atomic mass is 10.0. The molecule has 1 heterocycles. The van der Waals surface area contributed by atoms with Crippen LogP contribution in [0.25, 0.3) is 0 Å². The maximum absolute atomic E-state index is 5.91. The third-order valence-electron chi connectivity index (χ3n) is 3.36. The van der Waals surface area contributed by atoms with Crippen LogP contribution >= 0.6 is 0 Å². The summed E-state index contributed by atoms with van der Waals surface area (Å²) in [6, 6.07) is 12.3. The summed E-state index contributed by atoms with van der Waals surface area (Å²) in [6.45, 7) is 3.41. The van der Waals surface area contributed by atoms with Crippen LogP contribution in [0.4, 0.5) is 0 Å². The molecular weight excluding hydrogens is 236 g/mol. The molecule has 0 saturated heterocycles. The first kappa shape index (κ1) is 13.7. The third-order valence-corrected chi connectivity index (χ3v) is 3.36. The van der Waals surface area contributed by atoms with Gasteiger partial charge in [0.25, 0.3) is 0 Å². The van der Waals surface area contributed by atoms with Gasteiger partial charge in [-0.25, -0.2) is 0 Å². The Labute approximate surface area is 115 Å². The lowest BCUT2D eigenvalue weighted by Crippen LogP contribution is -2.17. The van der Waals surface area contributed by atoms with Gasteiger partial charge in [-0.3, -0.25) is 0 Å². The lowest BCUT2D eigenvalue weighted by molar-refractivity contribution is 0.278. The van der Waals surface area contributed by atoms with Crippen LogP contribution in [0.1, 0.15) is 23.6 Å². The summed E-state index contributed by atoms with van der Waals surface area (Å²) >= 11 is 0. The molecule has 0 fully saturated rings. The Bertz CT molecular complexity index is 519. The minimum Gasteiger partial charge on any atom is -0.493 e. The first-order chi connectivity index (χ1) is 9.20. The largest absolute Gasteiger partial charge is 0.493 e. The van der Waals surface area contributed by atoms with Crippen LogP contribution in [-0.4, -0.2) is 17.7 Å². The molecule has 2 rings (SSSR count). The first-order valence-electron chi connectivity index (χ1n) is 6.71. The van der Waals surface area contributed by atoms with Crippen molar-refractivity contribution in [1.82, 2.24) is 4.57 Å². The standard InChI is InChI=1S/C16H22N2O/c1-13-5-3-6-15(11-13)19-12-14(8-9-17)16-7-4-10-18(16)2/h3-7,10-11,14H,8-9,12,17H2,1-2H3. The highest BCUT2D eigenvalue weighted by Gasteiger charge is 2.14. The van der Waals surface area contributed by atoms with E-state index in [2.05, 4.69) is 49.0 Å². The van der Waals surface area contributed by atoms with Crippen molar-refractivity contribution >= 4 is 0 Å². The number of hydrogen-bond acceptors (Lipinski definition) is 2. The lowest BCUT2D eigenvalue weighted by Gasteiger charge is -2.18. The van der Waals surface area contributed by atoms with Gasteiger partial charge in [-0.2, -0.15) is 0 Å². The van der Waals surface area contributed by atoms with Gasteiger partial charge in [0.1, 0.15) is 5.75 Å². The second-order valence-corrected chi connectivity index (χ2v) is 4.95. The third kappa shape index (κ3) is 3.61. The quantitative estimate of drug-likeness (QED) is 0.865.